The van der Waals surface area contributed by atoms with Crippen LogP contribution in [0.3, 0.4) is 0 Å². The molecule has 0 spiro atoms. The maximum atomic E-state index is 13.7. The number of primary sulfonamides is 1. The number of sulfonamides is 1. The molecule has 13 heteroatoms. The predicted octanol–water partition coefficient (Wildman–Crippen LogP) is 2.42. The number of rotatable bonds is 5. The zero-order valence-corrected chi connectivity index (χ0v) is 18.8. The average molecular weight is 488 g/mol. The number of hydrogen-bond donors (Lipinski definition) is 4. The Hall–Kier alpha value is -2.09. The van der Waals surface area contributed by atoms with Gasteiger partial charge in [0, 0.05) is 23.7 Å². The van der Waals surface area contributed by atoms with Gasteiger partial charge in [0.15, 0.2) is 5.82 Å². The fourth-order valence-electron chi connectivity index (χ4n) is 5.25. The van der Waals surface area contributed by atoms with Crippen molar-refractivity contribution in [3.8, 4) is 11.4 Å². The van der Waals surface area contributed by atoms with Gasteiger partial charge in [0.25, 0.3) is 0 Å². The zero-order valence-electron chi connectivity index (χ0n) is 18.0. The van der Waals surface area contributed by atoms with Crippen molar-refractivity contribution in [1.82, 2.24) is 25.9 Å². The summed E-state index contributed by atoms with van der Waals surface area (Å²) in [6.45, 7) is 0. The van der Waals surface area contributed by atoms with Crippen LogP contribution in [0.5, 0.6) is 0 Å². The first-order valence-corrected chi connectivity index (χ1v) is 12.6. The molecule has 2 aliphatic carbocycles. The Balaban J connectivity index is 1.63. The third-order valence-corrected chi connectivity index (χ3v) is 7.71. The number of nitrogens with zero attached hydrogens (tertiary/aromatic N) is 3. The van der Waals surface area contributed by atoms with Gasteiger partial charge in [-0.25, -0.2) is 18.7 Å². The Bertz CT molecular complexity index is 1070. The van der Waals surface area contributed by atoms with Crippen molar-refractivity contribution >= 4 is 10.0 Å². The molecule has 0 aliphatic heterocycles. The number of tetrazole rings is 1. The monoisotopic (exact) mass is 487 g/mol. The van der Waals surface area contributed by atoms with E-state index < -0.39 is 26.7 Å². The molecule has 1 heterocycles. The fourth-order valence-corrected chi connectivity index (χ4v) is 6.24. The first kappa shape index (κ1) is 24.0. The molecule has 0 saturated heterocycles. The molecular weight excluding hydrogens is 459 g/mol. The van der Waals surface area contributed by atoms with Crippen LogP contribution in [0.4, 0.5) is 13.2 Å². The second-order valence-corrected chi connectivity index (χ2v) is 10.5. The number of aromatic nitrogens is 4. The van der Waals surface area contributed by atoms with E-state index in [2.05, 4.69) is 25.9 Å². The fraction of sp³-hybridized carbons (Fsp3) is 0.650. The van der Waals surface area contributed by atoms with Crippen LogP contribution >= 0.6 is 0 Å². The first-order valence-electron chi connectivity index (χ1n) is 11.1. The van der Waals surface area contributed by atoms with E-state index in [0.717, 1.165) is 44.6 Å². The van der Waals surface area contributed by atoms with Crippen LogP contribution in [0.25, 0.3) is 11.4 Å². The van der Waals surface area contributed by atoms with Crippen molar-refractivity contribution in [3.05, 3.63) is 23.3 Å². The van der Waals surface area contributed by atoms with Crippen LogP contribution < -0.4 is 16.2 Å². The molecule has 4 rings (SSSR count). The predicted molar refractivity (Wildman–Crippen MR) is 114 cm³/mol. The summed E-state index contributed by atoms with van der Waals surface area (Å²) in [6, 6.07) is 3.00. The van der Waals surface area contributed by atoms with Crippen molar-refractivity contribution in [1.29, 1.82) is 0 Å². The number of hydrogen-bond acceptors (Lipinski definition) is 7. The largest absolute Gasteiger partial charge is 0.417 e. The second-order valence-electron chi connectivity index (χ2n) is 9.04. The maximum absolute atomic E-state index is 13.7. The lowest BCUT2D eigenvalue weighted by Crippen LogP contribution is -2.45. The van der Waals surface area contributed by atoms with Crippen molar-refractivity contribution in [2.24, 2.45) is 10.9 Å². The van der Waals surface area contributed by atoms with E-state index in [-0.39, 0.29) is 23.3 Å². The first-order chi connectivity index (χ1) is 15.5. The van der Waals surface area contributed by atoms with E-state index >= 15 is 0 Å². The second kappa shape index (κ2) is 9.28. The minimum Gasteiger partial charge on any atom is -0.328 e. The molecule has 2 aromatic rings. The number of alkyl halides is 3. The summed E-state index contributed by atoms with van der Waals surface area (Å²) in [4.78, 5) is -0.998. The Morgan fingerprint density at radius 3 is 2.36 bits per heavy atom. The molecule has 1 aromatic carbocycles. The van der Waals surface area contributed by atoms with Crippen molar-refractivity contribution in [3.63, 3.8) is 0 Å². The molecule has 2 aliphatic rings. The molecule has 0 amide bonds. The standard InChI is InChI=1S/C20H28F3N7O2S/c21-20(22,23)16-9-8-15(17(18(16)33(25,31)32)19-27-29-30-28-19)11-4-6-13(7-5-11)26-14-3-1-2-12(24)10-14/h8-9,11-14,26H,1-7,10,24H2,(H2,25,31,32)(H,27,28,29,30)/t11-,12?,13-,14?. The highest BCUT2D eigenvalue weighted by Crippen LogP contribution is 2.44. The minimum atomic E-state index is -4.91. The SMILES string of the molecule is NC1CCCC(N[C@H]2CC[C@H](c3ccc(C(F)(F)F)c(S(N)(=O)=O)c3-c3nnn[nH]3)CC2)C1. The van der Waals surface area contributed by atoms with Crippen LogP contribution in [0, 0.1) is 0 Å². The van der Waals surface area contributed by atoms with Gasteiger partial charge in [0.2, 0.25) is 10.0 Å². The third-order valence-electron chi connectivity index (χ3n) is 6.72. The molecular formula is C20H28F3N7O2S. The van der Waals surface area contributed by atoms with Gasteiger partial charge in [0.05, 0.1) is 5.56 Å². The highest BCUT2D eigenvalue weighted by Gasteiger charge is 2.40. The quantitative estimate of drug-likeness (QED) is 0.505. The molecule has 1 aromatic heterocycles. The summed E-state index contributed by atoms with van der Waals surface area (Å²) in [5, 5.41) is 21.9. The Morgan fingerprint density at radius 2 is 1.79 bits per heavy atom. The van der Waals surface area contributed by atoms with Gasteiger partial charge >= 0.3 is 6.18 Å². The molecule has 0 radical (unpaired) electrons. The van der Waals surface area contributed by atoms with E-state index in [1.807, 2.05) is 0 Å². The Labute approximate surface area is 189 Å². The van der Waals surface area contributed by atoms with E-state index in [1.54, 1.807) is 0 Å². The number of H-pyrrole nitrogens is 1. The molecule has 2 saturated carbocycles. The van der Waals surface area contributed by atoms with Crippen LogP contribution in [-0.4, -0.2) is 47.2 Å². The number of nitrogens with two attached hydrogens (primary N) is 2. The minimum absolute atomic E-state index is 0.153. The van der Waals surface area contributed by atoms with E-state index in [0.29, 0.717) is 30.5 Å². The molecule has 6 N–H and O–H groups in total. The van der Waals surface area contributed by atoms with E-state index in [4.69, 9.17) is 10.9 Å². The summed E-state index contributed by atoms with van der Waals surface area (Å²) in [5.41, 5.74) is 5.00. The number of halogens is 3. The molecule has 182 valence electrons. The van der Waals surface area contributed by atoms with Gasteiger partial charge in [0.1, 0.15) is 4.90 Å². The summed E-state index contributed by atoms with van der Waals surface area (Å²) >= 11 is 0. The number of benzene rings is 1. The lowest BCUT2D eigenvalue weighted by atomic mass is 9.79. The van der Waals surface area contributed by atoms with E-state index in [9.17, 15) is 21.6 Å². The lowest BCUT2D eigenvalue weighted by Gasteiger charge is -2.35. The van der Waals surface area contributed by atoms with Gasteiger partial charge in [-0.3, -0.25) is 0 Å². The average Bonchev–Trinajstić information content (AvgIpc) is 3.27. The van der Waals surface area contributed by atoms with Gasteiger partial charge in [-0.15, -0.1) is 5.10 Å². The van der Waals surface area contributed by atoms with Crippen LogP contribution in [0.1, 0.15) is 68.4 Å². The van der Waals surface area contributed by atoms with Crippen molar-refractivity contribution in [2.45, 2.75) is 86.5 Å². The summed E-state index contributed by atoms with van der Waals surface area (Å²) in [6.07, 6.45) is 2.26. The van der Waals surface area contributed by atoms with Gasteiger partial charge in [-0.2, -0.15) is 13.2 Å². The normalized spacial score (nSPS) is 26.9. The summed E-state index contributed by atoms with van der Waals surface area (Å²) < 4.78 is 65.7. The zero-order chi connectivity index (χ0) is 23.8. The van der Waals surface area contributed by atoms with Crippen LogP contribution in [0.2, 0.25) is 0 Å². The van der Waals surface area contributed by atoms with Crippen LogP contribution in [0.15, 0.2) is 17.0 Å². The topological polar surface area (TPSA) is 153 Å². The molecule has 2 unspecified atom stereocenters. The number of aromatic amines is 1. The molecule has 33 heavy (non-hydrogen) atoms. The Morgan fingerprint density at radius 1 is 1.06 bits per heavy atom. The third kappa shape index (κ3) is 5.36. The summed E-state index contributed by atoms with van der Waals surface area (Å²) in [7, 11) is -4.73. The van der Waals surface area contributed by atoms with Crippen molar-refractivity contribution in [2.75, 3.05) is 0 Å². The highest BCUT2D eigenvalue weighted by molar-refractivity contribution is 7.89. The highest BCUT2D eigenvalue weighted by atomic mass is 32.2. The molecule has 0 bridgehead atoms. The van der Waals surface area contributed by atoms with Gasteiger partial charge < -0.3 is 11.1 Å². The molecule has 2 fully saturated rings. The van der Waals surface area contributed by atoms with E-state index in [1.165, 1.54) is 6.07 Å². The van der Waals surface area contributed by atoms with Gasteiger partial charge in [-0.05, 0) is 72.9 Å². The molecule has 9 nitrogen and oxygen atoms in total. The summed E-state index contributed by atoms with van der Waals surface area (Å²) in [5.74, 6) is -0.309. The Kier molecular flexibility index (Phi) is 6.76. The van der Waals surface area contributed by atoms with Gasteiger partial charge in [-0.1, -0.05) is 12.5 Å². The number of nitrogens with one attached hydrogen (secondary N) is 2. The lowest BCUT2D eigenvalue weighted by molar-refractivity contribution is -0.139. The smallest absolute Gasteiger partial charge is 0.328 e. The van der Waals surface area contributed by atoms with Crippen molar-refractivity contribution < 1.29 is 21.6 Å². The maximum Gasteiger partial charge on any atom is 0.417 e. The van der Waals surface area contributed by atoms with Crippen LogP contribution in [-0.2, 0) is 16.2 Å². The molecule has 2 atom stereocenters.